The number of carbonyl (C=O) groups excluding carboxylic acids is 1. The van der Waals surface area contributed by atoms with Gasteiger partial charge in [-0.05, 0) is 48.9 Å². The van der Waals surface area contributed by atoms with E-state index in [0.717, 1.165) is 22.7 Å². The third-order valence-electron chi connectivity index (χ3n) is 3.27. The van der Waals surface area contributed by atoms with Crippen molar-refractivity contribution in [3.05, 3.63) is 54.1 Å². The summed E-state index contributed by atoms with van der Waals surface area (Å²) in [6.07, 6.45) is 0. The van der Waals surface area contributed by atoms with Gasteiger partial charge < -0.3 is 20.1 Å². The molecule has 2 aromatic carbocycles. The molecule has 0 aliphatic heterocycles. The van der Waals surface area contributed by atoms with Gasteiger partial charge in [0.1, 0.15) is 11.5 Å². The summed E-state index contributed by atoms with van der Waals surface area (Å²) >= 11 is 0. The molecule has 0 bridgehead atoms. The van der Waals surface area contributed by atoms with Crippen molar-refractivity contribution in [3.8, 4) is 11.5 Å². The van der Waals surface area contributed by atoms with Crippen molar-refractivity contribution in [3.63, 3.8) is 0 Å². The number of carbonyl (C=O) groups is 1. The van der Waals surface area contributed by atoms with Gasteiger partial charge in [0.15, 0.2) is 0 Å². The Morgan fingerprint density at radius 1 is 1.00 bits per heavy atom. The third-order valence-corrected chi connectivity index (χ3v) is 3.27. The summed E-state index contributed by atoms with van der Waals surface area (Å²) in [7, 11) is 1.63. The van der Waals surface area contributed by atoms with Gasteiger partial charge in [0.2, 0.25) is 5.91 Å². The fourth-order valence-corrected chi connectivity index (χ4v) is 2.02. The van der Waals surface area contributed by atoms with E-state index < -0.39 is 0 Å². The number of methoxy groups -OCH3 is 1. The van der Waals surface area contributed by atoms with E-state index in [0.29, 0.717) is 13.2 Å². The second-order valence-electron chi connectivity index (χ2n) is 4.94. The maximum atomic E-state index is 11.9. The van der Waals surface area contributed by atoms with Gasteiger partial charge in [0, 0.05) is 12.2 Å². The van der Waals surface area contributed by atoms with Crippen molar-refractivity contribution in [2.45, 2.75) is 13.5 Å². The molecule has 0 radical (unpaired) electrons. The zero-order valence-corrected chi connectivity index (χ0v) is 13.5. The first-order valence-electron chi connectivity index (χ1n) is 7.57. The quantitative estimate of drug-likeness (QED) is 0.786. The van der Waals surface area contributed by atoms with Crippen LogP contribution in [0.2, 0.25) is 0 Å². The van der Waals surface area contributed by atoms with Crippen LogP contribution in [-0.2, 0) is 11.3 Å². The molecule has 0 fully saturated rings. The Balaban J connectivity index is 1.73. The fraction of sp³-hybridized carbons (Fsp3) is 0.278. The lowest BCUT2D eigenvalue weighted by molar-refractivity contribution is -0.119. The van der Waals surface area contributed by atoms with Crippen molar-refractivity contribution < 1.29 is 14.3 Å². The molecule has 0 aromatic heterocycles. The summed E-state index contributed by atoms with van der Waals surface area (Å²) in [4.78, 5) is 11.9. The van der Waals surface area contributed by atoms with Crippen LogP contribution in [-0.4, -0.2) is 26.2 Å². The molecule has 0 atom stereocenters. The maximum absolute atomic E-state index is 11.9. The molecule has 2 aromatic rings. The average molecular weight is 314 g/mol. The van der Waals surface area contributed by atoms with Gasteiger partial charge in [0.25, 0.3) is 0 Å². The Kier molecular flexibility index (Phi) is 6.29. The van der Waals surface area contributed by atoms with E-state index in [-0.39, 0.29) is 12.5 Å². The SMILES string of the molecule is CCOc1ccc(NCC(=O)NCc2ccc(OC)cc2)cc1. The summed E-state index contributed by atoms with van der Waals surface area (Å²) < 4.78 is 10.5. The fourth-order valence-electron chi connectivity index (χ4n) is 2.02. The molecular weight excluding hydrogens is 292 g/mol. The second-order valence-corrected chi connectivity index (χ2v) is 4.94. The topological polar surface area (TPSA) is 59.6 Å². The molecule has 0 spiro atoms. The normalized spacial score (nSPS) is 10.0. The highest BCUT2D eigenvalue weighted by atomic mass is 16.5. The first-order valence-corrected chi connectivity index (χ1v) is 7.57. The summed E-state index contributed by atoms with van der Waals surface area (Å²) in [6.45, 7) is 3.30. The summed E-state index contributed by atoms with van der Waals surface area (Å²) in [5.74, 6) is 1.56. The van der Waals surface area contributed by atoms with E-state index in [9.17, 15) is 4.79 Å². The van der Waals surface area contributed by atoms with Crippen LogP contribution in [0.25, 0.3) is 0 Å². The van der Waals surface area contributed by atoms with E-state index in [2.05, 4.69) is 10.6 Å². The van der Waals surface area contributed by atoms with Crippen molar-refractivity contribution in [1.82, 2.24) is 5.32 Å². The first kappa shape index (κ1) is 16.7. The van der Waals surface area contributed by atoms with Crippen LogP contribution in [0.4, 0.5) is 5.69 Å². The second kappa shape index (κ2) is 8.68. The average Bonchev–Trinajstić information content (AvgIpc) is 2.60. The lowest BCUT2D eigenvalue weighted by atomic mass is 10.2. The van der Waals surface area contributed by atoms with Gasteiger partial charge in [0.05, 0.1) is 20.3 Å². The lowest BCUT2D eigenvalue weighted by Crippen LogP contribution is -2.29. The van der Waals surface area contributed by atoms with E-state index in [4.69, 9.17) is 9.47 Å². The van der Waals surface area contributed by atoms with Gasteiger partial charge in [-0.25, -0.2) is 0 Å². The molecular formula is C18H22N2O3. The monoisotopic (exact) mass is 314 g/mol. The molecule has 23 heavy (non-hydrogen) atoms. The Labute approximate surface area is 136 Å². The number of hydrogen-bond donors (Lipinski definition) is 2. The molecule has 5 heteroatoms. The number of benzene rings is 2. The molecule has 0 unspecified atom stereocenters. The molecule has 2 rings (SSSR count). The number of rotatable bonds is 8. The van der Waals surface area contributed by atoms with Crippen LogP contribution in [0.1, 0.15) is 12.5 Å². The molecule has 2 N–H and O–H groups in total. The number of ether oxygens (including phenoxy) is 2. The Hall–Kier alpha value is -2.69. The largest absolute Gasteiger partial charge is 0.497 e. The van der Waals surface area contributed by atoms with Gasteiger partial charge in [-0.1, -0.05) is 12.1 Å². The zero-order chi connectivity index (χ0) is 16.5. The highest BCUT2D eigenvalue weighted by Gasteiger charge is 2.02. The highest BCUT2D eigenvalue weighted by Crippen LogP contribution is 2.15. The number of hydrogen-bond acceptors (Lipinski definition) is 4. The molecule has 122 valence electrons. The number of nitrogens with one attached hydrogen (secondary N) is 2. The molecule has 0 aliphatic rings. The predicted octanol–water partition coefficient (Wildman–Crippen LogP) is 2.82. The van der Waals surface area contributed by atoms with Crippen molar-refractivity contribution in [2.75, 3.05) is 25.6 Å². The molecule has 0 heterocycles. The first-order chi connectivity index (χ1) is 11.2. The van der Waals surface area contributed by atoms with E-state index in [1.54, 1.807) is 7.11 Å². The van der Waals surface area contributed by atoms with Crippen LogP contribution in [0.3, 0.4) is 0 Å². The summed E-state index contributed by atoms with van der Waals surface area (Å²) in [5, 5.41) is 5.95. The van der Waals surface area contributed by atoms with Crippen molar-refractivity contribution >= 4 is 11.6 Å². The summed E-state index contributed by atoms with van der Waals surface area (Å²) in [6, 6.07) is 15.1. The smallest absolute Gasteiger partial charge is 0.239 e. The number of amides is 1. The van der Waals surface area contributed by atoms with Crippen LogP contribution in [0, 0.1) is 0 Å². The van der Waals surface area contributed by atoms with Crippen molar-refractivity contribution in [2.24, 2.45) is 0 Å². The zero-order valence-electron chi connectivity index (χ0n) is 13.5. The standard InChI is InChI=1S/C18H22N2O3/c1-3-23-17-10-6-15(7-11-17)19-13-18(21)20-12-14-4-8-16(22-2)9-5-14/h4-11,19H,3,12-13H2,1-2H3,(H,20,21). The van der Waals surface area contributed by atoms with Crippen LogP contribution < -0.4 is 20.1 Å². The molecule has 0 saturated carbocycles. The Bertz CT molecular complexity index is 609. The Morgan fingerprint density at radius 2 is 1.65 bits per heavy atom. The third kappa shape index (κ3) is 5.54. The van der Waals surface area contributed by atoms with Gasteiger partial charge in [-0.3, -0.25) is 4.79 Å². The van der Waals surface area contributed by atoms with E-state index >= 15 is 0 Å². The molecule has 1 amide bonds. The highest BCUT2D eigenvalue weighted by molar-refractivity contribution is 5.80. The van der Waals surface area contributed by atoms with Gasteiger partial charge in [-0.2, -0.15) is 0 Å². The van der Waals surface area contributed by atoms with Gasteiger partial charge >= 0.3 is 0 Å². The van der Waals surface area contributed by atoms with E-state index in [1.165, 1.54) is 0 Å². The van der Waals surface area contributed by atoms with E-state index in [1.807, 2.05) is 55.5 Å². The minimum Gasteiger partial charge on any atom is -0.497 e. The minimum absolute atomic E-state index is 0.0605. The van der Waals surface area contributed by atoms with Crippen LogP contribution in [0.15, 0.2) is 48.5 Å². The lowest BCUT2D eigenvalue weighted by Gasteiger charge is -2.09. The van der Waals surface area contributed by atoms with Crippen LogP contribution >= 0.6 is 0 Å². The molecule has 0 aliphatic carbocycles. The maximum Gasteiger partial charge on any atom is 0.239 e. The molecule has 0 saturated heterocycles. The summed E-state index contributed by atoms with van der Waals surface area (Å²) in [5.41, 5.74) is 1.91. The predicted molar refractivity (Wildman–Crippen MR) is 90.9 cm³/mol. The minimum atomic E-state index is -0.0605. The van der Waals surface area contributed by atoms with Crippen LogP contribution in [0.5, 0.6) is 11.5 Å². The van der Waals surface area contributed by atoms with Gasteiger partial charge in [-0.15, -0.1) is 0 Å². The number of anilines is 1. The Morgan fingerprint density at radius 3 is 2.26 bits per heavy atom. The molecule has 5 nitrogen and oxygen atoms in total. The van der Waals surface area contributed by atoms with Crippen molar-refractivity contribution in [1.29, 1.82) is 0 Å².